The number of thioether (sulfide) groups is 1. The van der Waals surface area contributed by atoms with Gasteiger partial charge in [0.25, 0.3) is 10.0 Å². The lowest BCUT2D eigenvalue weighted by molar-refractivity contribution is -0.119. The average Bonchev–Trinajstić information content (AvgIpc) is 2.79. The minimum absolute atomic E-state index is 0.102. The summed E-state index contributed by atoms with van der Waals surface area (Å²) >= 11 is 13.7. The van der Waals surface area contributed by atoms with E-state index in [1.807, 2.05) is 24.3 Å². The molecule has 0 heterocycles. The average molecular weight is 509 g/mol. The fourth-order valence-electron chi connectivity index (χ4n) is 2.96. The van der Waals surface area contributed by atoms with Gasteiger partial charge in [-0.2, -0.15) is 0 Å². The van der Waals surface area contributed by atoms with Crippen molar-refractivity contribution in [1.29, 1.82) is 0 Å². The Bertz CT molecular complexity index is 1170. The van der Waals surface area contributed by atoms with E-state index in [1.54, 1.807) is 55.1 Å². The zero-order valence-corrected chi connectivity index (χ0v) is 20.4. The van der Waals surface area contributed by atoms with Crippen molar-refractivity contribution in [3.8, 4) is 0 Å². The van der Waals surface area contributed by atoms with Gasteiger partial charge in [-0.25, -0.2) is 8.42 Å². The molecule has 0 aliphatic heterocycles. The van der Waals surface area contributed by atoms with Gasteiger partial charge in [0.05, 0.1) is 10.6 Å². The number of carbonyl (C=O) groups is 1. The molecule has 0 fully saturated rings. The largest absolute Gasteiger partial charge is 0.354 e. The predicted octanol–water partition coefficient (Wildman–Crippen LogP) is 5.41. The smallest absolute Gasteiger partial charge is 0.264 e. The lowest BCUT2D eigenvalue weighted by Gasteiger charge is -2.26. The molecule has 0 aromatic heterocycles. The summed E-state index contributed by atoms with van der Waals surface area (Å²) in [4.78, 5) is 13.8. The first kappa shape index (κ1) is 24.5. The second-order valence-electron chi connectivity index (χ2n) is 6.86. The molecular formula is C23H22Cl2N2O3S2. The SMILES string of the molecule is Cc1c(Cl)cccc1N(CC(=O)NCCSc1ccc(Cl)cc1)S(=O)(=O)c1ccccc1. The third-order valence-electron chi connectivity index (χ3n) is 4.63. The normalized spacial score (nSPS) is 11.2. The maximum absolute atomic E-state index is 13.4. The highest BCUT2D eigenvalue weighted by Crippen LogP contribution is 2.30. The highest BCUT2D eigenvalue weighted by molar-refractivity contribution is 7.99. The van der Waals surface area contributed by atoms with Crippen LogP contribution in [-0.4, -0.2) is 33.2 Å². The molecule has 0 aliphatic carbocycles. The number of rotatable bonds is 9. The van der Waals surface area contributed by atoms with Gasteiger partial charge in [-0.05, 0) is 61.0 Å². The van der Waals surface area contributed by atoms with Gasteiger partial charge in [0.15, 0.2) is 0 Å². The Morgan fingerprint density at radius 1 is 0.969 bits per heavy atom. The van der Waals surface area contributed by atoms with Gasteiger partial charge in [-0.1, -0.05) is 47.5 Å². The molecule has 0 aliphatic rings. The predicted molar refractivity (Wildman–Crippen MR) is 132 cm³/mol. The van der Waals surface area contributed by atoms with E-state index in [2.05, 4.69) is 5.32 Å². The van der Waals surface area contributed by atoms with Crippen LogP contribution in [0.25, 0.3) is 0 Å². The number of amides is 1. The van der Waals surface area contributed by atoms with Crippen LogP contribution in [-0.2, 0) is 14.8 Å². The molecule has 0 saturated heterocycles. The number of carbonyl (C=O) groups excluding carboxylic acids is 1. The van der Waals surface area contributed by atoms with E-state index < -0.39 is 15.9 Å². The zero-order chi connectivity index (χ0) is 23.1. The van der Waals surface area contributed by atoms with Crippen LogP contribution >= 0.6 is 35.0 Å². The van der Waals surface area contributed by atoms with Crippen molar-refractivity contribution in [2.24, 2.45) is 0 Å². The van der Waals surface area contributed by atoms with Gasteiger partial charge in [-0.15, -0.1) is 11.8 Å². The molecule has 0 saturated carbocycles. The summed E-state index contributed by atoms with van der Waals surface area (Å²) in [6, 6.07) is 20.4. The Labute approximate surface area is 202 Å². The fourth-order valence-corrected chi connectivity index (χ4v) is 5.53. The van der Waals surface area contributed by atoms with Crippen molar-refractivity contribution >= 4 is 56.6 Å². The number of hydrogen-bond donors (Lipinski definition) is 1. The van der Waals surface area contributed by atoms with Crippen molar-refractivity contribution in [2.75, 3.05) is 23.1 Å². The quantitative estimate of drug-likeness (QED) is 0.310. The topological polar surface area (TPSA) is 66.5 Å². The van der Waals surface area contributed by atoms with Crippen LogP contribution in [0.4, 0.5) is 5.69 Å². The van der Waals surface area contributed by atoms with Gasteiger partial charge < -0.3 is 5.32 Å². The molecule has 168 valence electrons. The summed E-state index contributed by atoms with van der Waals surface area (Å²) in [7, 11) is -3.97. The molecule has 3 aromatic carbocycles. The number of hydrogen-bond acceptors (Lipinski definition) is 4. The van der Waals surface area contributed by atoms with Crippen molar-refractivity contribution < 1.29 is 13.2 Å². The van der Waals surface area contributed by atoms with E-state index in [9.17, 15) is 13.2 Å². The summed E-state index contributed by atoms with van der Waals surface area (Å²) in [5.74, 6) is 0.232. The molecule has 32 heavy (non-hydrogen) atoms. The number of sulfonamides is 1. The standard InChI is InChI=1S/C23H22Cl2N2O3S2/c1-17-21(25)8-5-9-22(17)27(32(29,30)20-6-3-2-4-7-20)16-23(28)26-14-15-31-19-12-10-18(24)11-13-19/h2-13H,14-16H2,1H3,(H,26,28). The number of nitrogens with zero attached hydrogens (tertiary/aromatic N) is 1. The van der Waals surface area contributed by atoms with Crippen molar-refractivity contribution in [1.82, 2.24) is 5.32 Å². The fraction of sp³-hybridized carbons (Fsp3) is 0.174. The van der Waals surface area contributed by atoms with E-state index in [1.165, 1.54) is 12.1 Å². The van der Waals surface area contributed by atoms with Crippen molar-refractivity contribution in [2.45, 2.75) is 16.7 Å². The second kappa shape index (κ2) is 11.1. The van der Waals surface area contributed by atoms with Crippen LogP contribution < -0.4 is 9.62 Å². The molecule has 0 spiro atoms. The molecule has 0 atom stereocenters. The van der Waals surface area contributed by atoms with Crippen LogP contribution in [0.5, 0.6) is 0 Å². The summed E-state index contributed by atoms with van der Waals surface area (Å²) in [5.41, 5.74) is 0.951. The summed E-state index contributed by atoms with van der Waals surface area (Å²) < 4.78 is 27.8. The lowest BCUT2D eigenvalue weighted by Crippen LogP contribution is -2.41. The first-order chi connectivity index (χ1) is 15.3. The van der Waals surface area contributed by atoms with Gasteiger partial charge >= 0.3 is 0 Å². The van der Waals surface area contributed by atoms with E-state index in [-0.39, 0.29) is 11.4 Å². The highest BCUT2D eigenvalue weighted by Gasteiger charge is 2.28. The van der Waals surface area contributed by atoms with Gasteiger partial charge in [-0.3, -0.25) is 9.10 Å². The van der Waals surface area contributed by atoms with Gasteiger partial charge in [0.1, 0.15) is 6.54 Å². The Kier molecular flexibility index (Phi) is 8.48. The number of benzene rings is 3. The molecule has 3 rings (SSSR count). The lowest BCUT2D eigenvalue weighted by atomic mass is 10.2. The molecule has 0 radical (unpaired) electrons. The molecule has 5 nitrogen and oxygen atoms in total. The highest BCUT2D eigenvalue weighted by atomic mass is 35.5. The molecule has 1 amide bonds. The first-order valence-electron chi connectivity index (χ1n) is 9.77. The molecule has 0 unspecified atom stereocenters. The number of halogens is 2. The Balaban J connectivity index is 1.73. The maximum Gasteiger partial charge on any atom is 0.264 e. The number of nitrogens with one attached hydrogen (secondary N) is 1. The van der Waals surface area contributed by atoms with Gasteiger partial charge in [0, 0.05) is 27.2 Å². The van der Waals surface area contributed by atoms with Crippen molar-refractivity contribution in [3.05, 3.63) is 88.4 Å². The number of anilines is 1. The van der Waals surface area contributed by atoms with E-state index in [0.29, 0.717) is 33.6 Å². The third-order valence-corrected chi connectivity index (χ3v) is 8.08. The Morgan fingerprint density at radius 3 is 2.34 bits per heavy atom. The zero-order valence-electron chi connectivity index (χ0n) is 17.3. The first-order valence-corrected chi connectivity index (χ1v) is 12.9. The molecule has 3 aromatic rings. The summed E-state index contributed by atoms with van der Waals surface area (Å²) in [5, 5.41) is 3.89. The Hall–Kier alpha value is -2.19. The Morgan fingerprint density at radius 2 is 1.66 bits per heavy atom. The molecule has 1 N–H and O–H groups in total. The van der Waals surface area contributed by atoms with Crippen LogP contribution in [0.3, 0.4) is 0 Å². The molecule has 0 bridgehead atoms. The summed E-state index contributed by atoms with van der Waals surface area (Å²) in [6.45, 7) is 1.76. The van der Waals surface area contributed by atoms with Gasteiger partial charge in [0.2, 0.25) is 5.91 Å². The third kappa shape index (κ3) is 6.19. The van der Waals surface area contributed by atoms with E-state index in [0.717, 1.165) is 9.20 Å². The van der Waals surface area contributed by atoms with Crippen LogP contribution in [0.1, 0.15) is 5.56 Å². The van der Waals surface area contributed by atoms with Crippen molar-refractivity contribution in [3.63, 3.8) is 0 Å². The van der Waals surface area contributed by atoms with Crippen LogP contribution in [0, 0.1) is 6.92 Å². The van der Waals surface area contributed by atoms with Crippen LogP contribution in [0.2, 0.25) is 10.0 Å². The monoisotopic (exact) mass is 508 g/mol. The molecule has 9 heteroatoms. The molecular weight excluding hydrogens is 487 g/mol. The van der Waals surface area contributed by atoms with E-state index in [4.69, 9.17) is 23.2 Å². The minimum atomic E-state index is -3.97. The van der Waals surface area contributed by atoms with E-state index >= 15 is 0 Å². The second-order valence-corrected chi connectivity index (χ2v) is 10.7. The van der Waals surface area contributed by atoms with Crippen LogP contribution in [0.15, 0.2) is 82.6 Å². The summed E-state index contributed by atoms with van der Waals surface area (Å²) in [6.07, 6.45) is 0. The minimum Gasteiger partial charge on any atom is -0.354 e. The maximum atomic E-state index is 13.4.